The molecule has 37 heteroatoms. The van der Waals surface area contributed by atoms with E-state index in [-0.39, 0.29) is 6.42 Å². The van der Waals surface area contributed by atoms with Gasteiger partial charge in [0.25, 0.3) is 11.6 Å². The number of carboxylic acids is 2. The second-order valence-electron chi connectivity index (χ2n) is 33.5. The molecule has 0 spiro atoms. The minimum atomic E-state index is -3.58. The molecule has 5 aliphatic rings. The van der Waals surface area contributed by atoms with Crippen LogP contribution in [0.3, 0.4) is 0 Å². The van der Waals surface area contributed by atoms with Crippen molar-refractivity contribution in [1.82, 2.24) is 16.0 Å². The monoisotopic (exact) mass is 1740 g/mol. The Morgan fingerprint density at radius 1 is 0.471 bits per heavy atom. The first-order valence-electron chi connectivity index (χ1n) is 44.4. The topological polar surface area (TPSA) is 595 Å². The van der Waals surface area contributed by atoms with Crippen molar-refractivity contribution in [3.05, 3.63) is 12.2 Å². The highest BCUT2D eigenvalue weighted by atomic mass is 16.8. The molecule has 2 unspecified atom stereocenters. The first-order chi connectivity index (χ1) is 57.8. The fourth-order valence-corrected chi connectivity index (χ4v) is 16.5. The first-order valence-corrected chi connectivity index (χ1v) is 44.4. The zero-order chi connectivity index (χ0) is 89.4. The fraction of sp³-hybridized carbons (Fsp3) is 0.905. The highest BCUT2D eigenvalue weighted by Crippen LogP contribution is 2.43. The van der Waals surface area contributed by atoms with E-state index in [0.29, 0.717) is 12.8 Å². The number of nitrogens with one attached hydrogen (secondary N) is 3. The third kappa shape index (κ3) is 34.0. The molecule has 5 saturated heterocycles. The molecule has 121 heavy (non-hydrogen) atoms. The van der Waals surface area contributed by atoms with Crippen LogP contribution < -0.4 is 16.0 Å². The number of allylic oxidation sites excluding steroid dienone is 1. The van der Waals surface area contributed by atoms with E-state index in [9.17, 15) is 121 Å². The van der Waals surface area contributed by atoms with E-state index in [1.165, 1.54) is 134 Å². The molecule has 3 amide bonds. The van der Waals surface area contributed by atoms with E-state index in [0.717, 1.165) is 85.0 Å². The molecule has 5 fully saturated rings. The van der Waals surface area contributed by atoms with Gasteiger partial charge in [-0.2, -0.15) is 0 Å². The number of carbonyl (C=O) groups excluding carboxylic acids is 4. The lowest BCUT2D eigenvalue weighted by atomic mass is 9.86. The van der Waals surface area contributed by atoms with Gasteiger partial charge in [0.2, 0.25) is 17.7 Å². The van der Waals surface area contributed by atoms with Crippen molar-refractivity contribution in [2.75, 3.05) is 39.6 Å². The molecule has 21 N–H and O–H groups in total. The van der Waals surface area contributed by atoms with Gasteiger partial charge in [-0.15, -0.1) is 0 Å². The Morgan fingerprint density at radius 2 is 0.901 bits per heavy atom. The van der Waals surface area contributed by atoms with E-state index in [2.05, 4.69) is 29.8 Å². The summed E-state index contributed by atoms with van der Waals surface area (Å²) in [6, 6.07) is -4.96. The Hall–Kier alpha value is -4.28. The van der Waals surface area contributed by atoms with Crippen LogP contribution in [0.15, 0.2) is 12.2 Å². The molecule has 0 saturated carbocycles. The number of hydrogen-bond donors (Lipinski definition) is 21. The molecule has 0 aliphatic carbocycles. The molecule has 0 aromatic rings. The number of aliphatic hydroxyl groups is 16. The van der Waals surface area contributed by atoms with Crippen molar-refractivity contribution in [1.29, 1.82) is 0 Å². The van der Waals surface area contributed by atoms with Gasteiger partial charge in [0.05, 0.1) is 82.2 Å². The van der Waals surface area contributed by atoms with Gasteiger partial charge < -0.3 is 160 Å². The van der Waals surface area contributed by atoms with Crippen LogP contribution in [0.4, 0.5) is 0 Å². The van der Waals surface area contributed by atoms with Gasteiger partial charge in [-0.05, 0) is 26.2 Å². The molecule has 0 aromatic carbocycles. The third-order valence-electron chi connectivity index (χ3n) is 23.5. The lowest BCUT2D eigenvalue weighted by molar-refractivity contribution is -0.404. The van der Waals surface area contributed by atoms with Crippen LogP contribution in [0.25, 0.3) is 0 Å². The van der Waals surface area contributed by atoms with Crippen molar-refractivity contribution >= 4 is 35.4 Å². The molecule has 29 atom stereocenters. The molecule has 5 heterocycles. The number of carboxylic acid groups (broad SMARTS) is 2. The van der Waals surface area contributed by atoms with Crippen LogP contribution in [0, 0.1) is 5.92 Å². The van der Waals surface area contributed by atoms with Gasteiger partial charge in [0.15, 0.2) is 18.9 Å². The minimum Gasteiger partial charge on any atom is -0.477 e. The van der Waals surface area contributed by atoms with E-state index in [1.807, 2.05) is 0 Å². The second-order valence-corrected chi connectivity index (χ2v) is 33.5. The summed E-state index contributed by atoms with van der Waals surface area (Å²) in [5.41, 5.74) is 0. The summed E-state index contributed by atoms with van der Waals surface area (Å²) in [5, 5.41) is 211. The lowest BCUT2D eigenvalue weighted by Gasteiger charge is -2.52. The van der Waals surface area contributed by atoms with Gasteiger partial charge >= 0.3 is 11.9 Å². The highest BCUT2D eigenvalue weighted by Gasteiger charge is 2.64. The Labute approximate surface area is 710 Å². The normalized spacial score (nSPS) is 32.5. The van der Waals surface area contributed by atoms with Gasteiger partial charge in [0, 0.05) is 45.4 Å². The Morgan fingerprint density at radius 3 is 1.36 bits per heavy atom. The van der Waals surface area contributed by atoms with Crippen molar-refractivity contribution < 1.29 is 168 Å². The van der Waals surface area contributed by atoms with Crippen molar-refractivity contribution in [2.24, 2.45) is 5.92 Å². The predicted molar refractivity (Wildman–Crippen MR) is 431 cm³/mol. The van der Waals surface area contributed by atoms with Crippen molar-refractivity contribution in [3.8, 4) is 0 Å². The molecule has 37 nitrogen and oxygen atoms in total. The number of rotatable bonds is 62. The quantitative estimate of drug-likeness (QED) is 0.0302. The molecule has 0 radical (unpaired) electrons. The number of aliphatic carboxylic acids is 2. The van der Waals surface area contributed by atoms with Crippen molar-refractivity contribution in [2.45, 2.75) is 436 Å². The molecule has 5 rings (SSSR count). The molecular formula is C84H149N3O34. The number of aliphatic hydroxyl groups excluding tert-OH is 16. The summed E-state index contributed by atoms with van der Waals surface area (Å²) in [4.78, 5) is 79.3. The maximum atomic E-state index is 14.2. The molecule has 704 valence electrons. The molecule has 0 bridgehead atoms. The molecule has 5 aliphatic heterocycles. The fourth-order valence-electron chi connectivity index (χ4n) is 16.5. The maximum absolute atomic E-state index is 14.2. The van der Waals surface area contributed by atoms with Gasteiger partial charge in [0.1, 0.15) is 103 Å². The maximum Gasteiger partial charge on any atom is 0.364 e. The zero-order valence-electron chi connectivity index (χ0n) is 71.5. The smallest absolute Gasteiger partial charge is 0.364 e. The molecular weight excluding hydrogens is 1590 g/mol. The Kier molecular flexibility index (Phi) is 50.4. The average molecular weight is 1750 g/mol. The number of amides is 3. The van der Waals surface area contributed by atoms with Gasteiger partial charge in [-0.1, -0.05) is 212 Å². The van der Waals surface area contributed by atoms with Crippen LogP contribution in [0.2, 0.25) is 0 Å². The first kappa shape index (κ1) is 107. The van der Waals surface area contributed by atoms with Gasteiger partial charge in [-0.25, -0.2) is 9.59 Å². The minimum absolute atomic E-state index is 0.116. The van der Waals surface area contributed by atoms with Crippen LogP contribution in [0.5, 0.6) is 0 Å². The standard InChI is InChI=1S/C84H149N3O34/c1-6-8-10-12-14-16-18-20-21-22-23-24-25-26-28-30-32-34-36-38-40-63(100)87-54(55(96)39-37-35-33-31-29-27-19-17-15-13-11-9-7-2)49-112-79-71(106)70(105)73(61(47-91)114-79)116-80-72(107)77(74(62(48-92)115-80)117-78-53(41-50(3)93)66(101)68(103)59(45-89)113-78)121-84(82(110)111)43-57(98)65(86-52(5)95)76(120-84)69(104)60(46-90)118-83(81(108)109)42-56(97)64(85-51(4)94)75(119-83)67(102)58(99)44-88/h37,39,53-62,64-80,88-92,96-99,101-107H,6-36,38,40-49H2,1-5H3,(H,85,94)(H,86,95)(H,87,100)(H,108,109)(H,110,111)/b39-37-/t53-,54+,55-,56+,57+,58-,59-,60-,61-,62-,64-,65-,66-,67-,68+,69-,70-,71-,72-,73-,74+,75?,76?,77-,78+,79-,80+,83-,84+/m1/s1. The molecule has 0 aromatic heterocycles. The number of ketones is 1. The number of hydrogen-bond acceptors (Lipinski definition) is 32. The van der Waals surface area contributed by atoms with E-state index in [1.54, 1.807) is 6.08 Å². The van der Waals surface area contributed by atoms with Crippen LogP contribution >= 0.6 is 0 Å². The number of Topliss-reactive ketones (excluding diaryl/α,β-unsaturated/α-hetero) is 1. The van der Waals surface area contributed by atoms with E-state index < -0.39 is 271 Å². The largest absolute Gasteiger partial charge is 0.477 e. The summed E-state index contributed by atoms with van der Waals surface area (Å²) in [7, 11) is 0. The predicted octanol–water partition coefficient (Wildman–Crippen LogP) is 1.35. The SMILES string of the molecule is CCCCCCCCCCCCC/C=C\[C@@H](O)[C@H](CO[C@@H]1O[C@H](CO)[C@@H](O[C@@H]2O[C@H](CO)[C@H](O[C@@H]3O[C@H](CO)[C@H](O)[C@H](O)[C@H]3CC(C)=O)[C@H](O[C@]3(C(=O)O)C[C@H](O)[C@@H](NC(C)=O)C([C@H](O)[C@@H](CO)O[C@]4(C(=O)O)C[C@H](O)[C@@H](NC(C)=O)C([C@H](O)[C@H](O)CO)O4)O3)[C@H]2O)[C@H](O)[C@H]1O)NC(=O)CCCCCCCCCCCCCCCCCCCCCC. The van der Waals surface area contributed by atoms with Crippen LogP contribution in [0.1, 0.15) is 266 Å². The zero-order valence-corrected chi connectivity index (χ0v) is 71.5. The van der Waals surface area contributed by atoms with Crippen molar-refractivity contribution in [3.63, 3.8) is 0 Å². The average Bonchev–Trinajstić information content (AvgIpc) is 0.758. The number of carbonyl (C=O) groups is 6. The third-order valence-corrected chi connectivity index (χ3v) is 23.5. The highest BCUT2D eigenvalue weighted by molar-refractivity contribution is 5.78. The summed E-state index contributed by atoms with van der Waals surface area (Å²) >= 11 is 0. The van der Waals surface area contributed by atoms with E-state index >= 15 is 0 Å². The Bertz CT molecular complexity index is 2950. The number of ether oxygens (including phenoxy) is 10. The summed E-state index contributed by atoms with van der Waals surface area (Å²) < 4.78 is 60.2. The Balaban J connectivity index is 1.40. The summed E-state index contributed by atoms with van der Waals surface area (Å²) in [6.07, 6.45) is -12.6. The summed E-state index contributed by atoms with van der Waals surface area (Å²) in [5.74, 6) is -15.9. The second kappa shape index (κ2) is 56.8. The van der Waals surface area contributed by atoms with E-state index in [4.69, 9.17) is 47.4 Å². The summed E-state index contributed by atoms with van der Waals surface area (Å²) in [6.45, 7) is 0.742. The van der Waals surface area contributed by atoms with Crippen LogP contribution in [-0.4, -0.2) is 338 Å². The van der Waals surface area contributed by atoms with Gasteiger partial charge in [-0.3, -0.25) is 14.4 Å². The lowest BCUT2D eigenvalue weighted by Crippen LogP contribution is -2.72. The number of unbranched alkanes of at least 4 members (excludes halogenated alkanes) is 30. The van der Waals surface area contributed by atoms with Crippen LogP contribution in [-0.2, 0) is 76.1 Å².